The number of halogens is 3. The van der Waals surface area contributed by atoms with E-state index >= 15 is 0 Å². The van der Waals surface area contributed by atoms with Crippen molar-refractivity contribution in [3.05, 3.63) is 47.1 Å². The molecule has 1 unspecified atom stereocenters. The lowest BCUT2D eigenvalue weighted by Gasteiger charge is -2.17. The van der Waals surface area contributed by atoms with Gasteiger partial charge in [-0.15, -0.1) is 5.10 Å². The molecule has 0 spiro atoms. The largest absolute Gasteiger partial charge is 0.335 e. The van der Waals surface area contributed by atoms with Crippen molar-refractivity contribution in [3.63, 3.8) is 0 Å². The van der Waals surface area contributed by atoms with Crippen LogP contribution in [-0.4, -0.2) is 29.8 Å². The average Bonchev–Trinajstić information content (AvgIpc) is 3.10. The molecular weight excluding hydrogens is 394 g/mol. The van der Waals surface area contributed by atoms with E-state index in [1.165, 1.54) is 19.0 Å². The zero-order valence-electron chi connectivity index (χ0n) is 13.1. The summed E-state index contributed by atoms with van der Waals surface area (Å²) < 4.78 is 29.3. The van der Waals surface area contributed by atoms with E-state index in [4.69, 9.17) is 0 Å². The molecule has 0 saturated heterocycles. The molecule has 1 atom stereocenters. The minimum Gasteiger partial charge on any atom is -0.263 e. The van der Waals surface area contributed by atoms with Crippen LogP contribution in [0.1, 0.15) is 37.5 Å². The van der Waals surface area contributed by atoms with E-state index in [0.717, 1.165) is 16.6 Å². The fourth-order valence-corrected chi connectivity index (χ4v) is 3.09. The van der Waals surface area contributed by atoms with Crippen LogP contribution in [0.3, 0.4) is 0 Å². The zero-order valence-corrected chi connectivity index (χ0v) is 14.7. The first-order chi connectivity index (χ1) is 12.1. The Bertz CT molecular complexity index is 856. The quantitative estimate of drug-likeness (QED) is 0.616. The molecule has 6 nitrogen and oxygen atoms in total. The van der Waals surface area contributed by atoms with Crippen molar-refractivity contribution in [1.29, 1.82) is 0 Å². The summed E-state index contributed by atoms with van der Waals surface area (Å²) in [4.78, 5) is 4.50. The number of alkyl halides is 2. The van der Waals surface area contributed by atoms with Gasteiger partial charge in [0.1, 0.15) is 0 Å². The molecule has 3 aromatic heterocycles. The highest BCUT2D eigenvalue weighted by atomic mass is 79.9. The van der Waals surface area contributed by atoms with Crippen LogP contribution in [0.25, 0.3) is 11.3 Å². The van der Waals surface area contributed by atoms with Crippen LogP contribution in [0.4, 0.5) is 8.78 Å². The number of pyridine rings is 1. The lowest BCUT2D eigenvalue weighted by molar-refractivity contribution is 0.0565. The second-order valence-electron chi connectivity index (χ2n) is 6.15. The molecule has 25 heavy (non-hydrogen) atoms. The van der Waals surface area contributed by atoms with Gasteiger partial charge in [-0.2, -0.15) is 18.6 Å². The number of aromatic nitrogens is 6. The van der Waals surface area contributed by atoms with Gasteiger partial charge < -0.3 is 0 Å². The molecule has 9 heteroatoms. The molecule has 0 N–H and O–H groups in total. The Morgan fingerprint density at radius 2 is 2.04 bits per heavy atom. The maximum absolute atomic E-state index is 13.0. The molecule has 3 aromatic rings. The van der Waals surface area contributed by atoms with Crippen LogP contribution >= 0.6 is 15.9 Å². The molecule has 4 rings (SSSR count). The second-order valence-corrected chi connectivity index (χ2v) is 7.06. The smallest absolute Gasteiger partial charge is 0.263 e. The SMILES string of the molecule is FC(F)n1nncc1-c1cnn(C(CC2CC2)c2ccc(Br)cn2)c1. The molecular formula is C16H15BrF2N6. The molecule has 0 radical (unpaired) electrons. The predicted molar refractivity (Wildman–Crippen MR) is 89.9 cm³/mol. The third-order valence-electron chi connectivity index (χ3n) is 4.32. The average molecular weight is 409 g/mol. The van der Waals surface area contributed by atoms with E-state index in [1.807, 2.05) is 12.1 Å². The first kappa shape index (κ1) is 16.3. The van der Waals surface area contributed by atoms with Crippen LogP contribution in [0.15, 0.2) is 41.4 Å². The summed E-state index contributed by atoms with van der Waals surface area (Å²) >= 11 is 3.39. The number of rotatable bonds is 6. The van der Waals surface area contributed by atoms with Gasteiger partial charge in [0.15, 0.2) is 0 Å². The first-order valence-corrected chi connectivity index (χ1v) is 8.75. The van der Waals surface area contributed by atoms with Gasteiger partial charge in [-0.25, -0.2) is 0 Å². The third-order valence-corrected chi connectivity index (χ3v) is 4.79. The highest BCUT2D eigenvalue weighted by Crippen LogP contribution is 2.39. The topological polar surface area (TPSA) is 61.4 Å². The summed E-state index contributed by atoms with van der Waals surface area (Å²) in [5.41, 5.74) is 1.71. The third kappa shape index (κ3) is 3.46. The molecule has 0 bridgehead atoms. The molecule has 1 aliphatic rings. The van der Waals surface area contributed by atoms with Gasteiger partial charge in [-0.3, -0.25) is 9.67 Å². The Balaban J connectivity index is 1.67. The van der Waals surface area contributed by atoms with Gasteiger partial charge in [0.05, 0.1) is 29.8 Å². The van der Waals surface area contributed by atoms with E-state index in [9.17, 15) is 8.78 Å². The lowest BCUT2D eigenvalue weighted by atomic mass is 10.1. The Hall–Kier alpha value is -2.16. The Kier molecular flexibility index (Phi) is 4.32. The van der Waals surface area contributed by atoms with Crippen LogP contribution < -0.4 is 0 Å². The van der Waals surface area contributed by atoms with Crippen molar-refractivity contribution in [2.24, 2.45) is 5.92 Å². The maximum atomic E-state index is 13.0. The summed E-state index contributed by atoms with van der Waals surface area (Å²) in [6.07, 6.45) is 9.76. The summed E-state index contributed by atoms with van der Waals surface area (Å²) in [6.45, 7) is -2.74. The van der Waals surface area contributed by atoms with E-state index in [0.29, 0.717) is 16.2 Å². The standard InChI is InChI=1S/C16H15BrF2N6/c17-12-3-4-13(20-7-12)14(5-10-1-2-10)24-9-11(6-22-24)15-8-21-23-25(15)16(18)19/h3-4,6-10,14,16H,1-2,5H2. The minimum absolute atomic E-state index is 0.0229. The van der Waals surface area contributed by atoms with E-state index < -0.39 is 6.55 Å². The van der Waals surface area contributed by atoms with E-state index in [-0.39, 0.29) is 11.7 Å². The van der Waals surface area contributed by atoms with Crippen LogP contribution in [0.2, 0.25) is 0 Å². The Labute approximate surface area is 151 Å². The number of nitrogens with zero attached hydrogens (tertiary/aromatic N) is 6. The highest BCUT2D eigenvalue weighted by molar-refractivity contribution is 9.10. The minimum atomic E-state index is -2.74. The Morgan fingerprint density at radius 1 is 1.20 bits per heavy atom. The van der Waals surface area contributed by atoms with Gasteiger partial charge in [-0.1, -0.05) is 18.1 Å². The van der Waals surface area contributed by atoms with Crippen molar-refractivity contribution in [1.82, 2.24) is 29.8 Å². The zero-order chi connectivity index (χ0) is 17.4. The van der Waals surface area contributed by atoms with E-state index in [2.05, 4.69) is 36.3 Å². The Morgan fingerprint density at radius 3 is 2.72 bits per heavy atom. The van der Waals surface area contributed by atoms with Crippen molar-refractivity contribution in [3.8, 4) is 11.3 Å². The fraction of sp³-hybridized carbons (Fsp3) is 0.375. The van der Waals surface area contributed by atoms with Crippen molar-refractivity contribution in [2.75, 3.05) is 0 Å². The fourth-order valence-electron chi connectivity index (χ4n) is 2.85. The molecule has 1 fully saturated rings. The summed E-state index contributed by atoms with van der Waals surface area (Å²) in [5.74, 6) is 0.663. The summed E-state index contributed by atoms with van der Waals surface area (Å²) in [7, 11) is 0. The summed E-state index contributed by atoms with van der Waals surface area (Å²) in [5, 5.41) is 11.4. The lowest BCUT2D eigenvalue weighted by Crippen LogP contribution is -2.13. The molecule has 0 aromatic carbocycles. The predicted octanol–water partition coefficient (Wildman–Crippen LogP) is 4.08. The van der Waals surface area contributed by atoms with Crippen molar-refractivity contribution >= 4 is 15.9 Å². The molecule has 0 amide bonds. The van der Waals surface area contributed by atoms with Gasteiger partial charge >= 0.3 is 6.55 Å². The molecule has 3 heterocycles. The van der Waals surface area contributed by atoms with Gasteiger partial charge in [0, 0.05) is 22.4 Å². The number of hydrogen-bond donors (Lipinski definition) is 0. The van der Waals surface area contributed by atoms with Crippen LogP contribution in [0.5, 0.6) is 0 Å². The van der Waals surface area contributed by atoms with Gasteiger partial charge in [0.25, 0.3) is 0 Å². The number of hydrogen-bond acceptors (Lipinski definition) is 4. The molecule has 1 saturated carbocycles. The first-order valence-electron chi connectivity index (χ1n) is 7.96. The van der Waals surface area contributed by atoms with Crippen LogP contribution in [0, 0.1) is 5.92 Å². The molecule has 130 valence electrons. The van der Waals surface area contributed by atoms with Crippen molar-refractivity contribution in [2.45, 2.75) is 31.9 Å². The molecule has 0 aliphatic heterocycles. The molecule has 1 aliphatic carbocycles. The normalized spacial score (nSPS) is 15.7. The van der Waals surface area contributed by atoms with E-state index in [1.54, 1.807) is 23.3 Å². The monoisotopic (exact) mass is 408 g/mol. The van der Waals surface area contributed by atoms with Gasteiger partial charge in [-0.05, 0) is 40.4 Å². The highest BCUT2D eigenvalue weighted by Gasteiger charge is 2.29. The summed E-state index contributed by atoms with van der Waals surface area (Å²) in [6, 6.07) is 3.89. The van der Waals surface area contributed by atoms with Crippen LogP contribution in [-0.2, 0) is 0 Å². The maximum Gasteiger partial charge on any atom is 0.335 e. The van der Waals surface area contributed by atoms with Gasteiger partial charge in [0.2, 0.25) is 0 Å². The van der Waals surface area contributed by atoms with Crippen molar-refractivity contribution < 1.29 is 8.78 Å². The second kappa shape index (κ2) is 6.62.